The molecule has 2 aromatic rings. The van der Waals surface area contributed by atoms with Crippen LogP contribution < -0.4 is 10.6 Å². The van der Waals surface area contributed by atoms with Crippen molar-refractivity contribution in [1.29, 1.82) is 0 Å². The zero-order chi connectivity index (χ0) is 14.8. The molecule has 0 saturated carbocycles. The molecule has 2 rings (SSSR count). The maximum absolute atomic E-state index is 12.8. The number of hydrogen-bond donors (Lipinski definition) is 2. The molecule has 0 saturated heterocycles. The standard InChI is InChI=1S/C12H13F3N4O/c1-7-3-4-8(5-9(7)12(13,14)15)17-11-19-18-10(20-11)6-16-2/h3-5,16H,6H2,1-2H3,(H,17,19). The van der Waals surface area contributed by atoms with E-state index in [0.717, 1.165) is 6.07 Å². The van der Waals surface area contributed by atoms with Crippen LogP contribution in [0.5, 0.6) is 0 Å². The molecule has 0 amide bonds. The molecule has 0 aliphatic rings. The summed E-state index contributed by atoms with van der Waals surface area (Å²) in [5.41, 5.74) is -0.301. The van der Waals surface area contributed by atoms with Crippen molar-refractivity contribution in [3.8, 4) is 0 Å². The first kappa shape index (κ1) is 14.3. The van der Waals surface area contributed by atoms with Gasteiger partial charge in [0.25, 0.3) is 0 Å². The Morgan fingerprint density at radius 2 is 2.00 bits per heavy atom. The highest BCUT2D eigenvalue weighted by Gasteiger charge is 2.32. The predicted molar refractivity (Wildman–Crippen MR) is 66.5 cm³/mol. The van der Waals surface area contributed by atoms with Crippen LogP contribution in [0.1, 0.15) is 17.0 Å². The number of hydrogen-bond acceptors (Lipinski definition) is 5. The second-order valence-corrected chi connectivity index (χ2v) is 4.18. The van der Waals surface area contributed by atoms with Gasteiger partial charge in [0.1, 0.15) is 0 Å². The third-order valence-electron chi connectivity index (χ3n) is 2.59. The number of nitrogens with one attached hydrogen (secondary N) is 2. The second kappa shape index (κ2) is 5.49. The maximum atomic E-state index is 12.8. The van der Waals surface area contributed by atoms with E-state index >= 15 is 0 Å². The number of benzene rings is 1. The van der Waals surface area contributed by atoms with Gasteiger partial charge in [-0.15, -0.1) is 5.10 Å². The molecule has 0 atom stereocenters. The number of nitrogens with zero attached hydrogens (tertiary/aromatic N) is 2. The Hall–Kier alpha value is -2.09. The number of anilines is 2. The van der Waals surface area contributed by atoms with Gasteiger partial charge < -0.3 is 15.1 Å². The molecule has 0 spiro atoms. The van der Waals surface area contributed by atoms with Gasteiger partial charge in [-0.1, -0.05) is 11.2 Å². The van der Waals surface area contributed by atoms with E-state index in [9.17, 15) is 13.2 Å². The zero-order valence-corrected chi connectivity index (χ0v) is 10.9. The number of aryl methyl sites for hydroxylation is 1. The zero-order valence-electron chi connectivity index (χ0n) is 10.9. The molecule has 0 radical (unpaired) electrons. The summed E-state index contributed by atoms with van der Waals surface area (Å²) in [4.78, 5) is 0. The van der Waals surface area contributed by atoms with Crippen molar-refractivity contribution in [3.63, 3.8) is 0 Å². The highest BCUT2D eigenvalue weighted by Crippen LogP contribution is 2.33. The van der Waals surface area contributed by atoms with Crippen LogP contribution in [0.4, 0.5) is 24.9 Å². The molecule has 1 heterocycles. The van der Waals surface area contributed by atoms with E-state index in [-0.39, 0.29) is 17.3 Å². The molecule has 0 unspecified atom stereocenters. The van der Waals surface area contributed by atoms with Gasteiger partial charge in [0.2, 0.25) is 5.89 Å². The fraction of sp³-hybridized carbons (Fsp3) is 0.333. The minimum Gasteiger partial charge on any atom is -0.406 e. The molecule has 20 heavy (non-hydrogen) atoms. The fourth-order valence-electron chi connectivity index (χ4n) is 1.66. The number of aromatic nitrogens is 2. The van der Waals surface area contributed by atoms with Gasteiger partial charge in [0.05, 0.1) is 12.1 Å². The van der Waals surface area contributed by atoms with Crippen molar-refractivity contribution in [1.82, 2.24) is 15.5 Å². The summed E-state index contributed by atoms with van der Waals surface area (Å²) in [7, 11) is 1.72. The largest absolute Gasteiger partial charge is 0.416 e. The lowest BCUT2D eigenvalue weighted by Crippen LogP contribution is -2.08. The quantitative estimate of drug-likeness (QED) is 0.905. The normalized spacial score (nSPS) is 11.7. The minimum atomic E-state index is -4.39. The molecule has 0 fully saturated rings. The van der Waals surface area contributed by atoms with Crippen LogP contribution in [0.3, 0.4) is 0 Å². The van der Waals surface area contributed by atoms with Gasteiger partial charge in [-0.25, -0.2) is 0 Å². The SMILES string of the molecule is CNCc1nnc(Nc2ccc(C)c(C(F)(F)F)c2)o1. The third kappa shape index (κ3) is 3.27. The third-order valence-corrected chi connectivity index (χ3v) is 2.59. The minimum absolute atomic E-state index is 0.0484. The fourth-order valence-corrected chi connectivity index (χ4v) is 1.66. The smallest absolute Gasteiger partial charge is 0.406 e. The molecule has 1 aromatic carbocycles. The lowest BCUT2D eigenvalue weighted by atomic mass is 10.1. The van der Waals surface area contributed by atoms with Gasteiger partial charge in [0.15, 0.2) is 0 Å². The Morgan fingerprint density at radius 3 is 2.65 bits per heavy atom. The van der Waals surface area contributed by atoms with E-state index in [0.29, 0.717) is 12.4 Å². The van der Waals surface area contributed by atoms with Gasteiger partial charge in [-0.05, 0) is 31.7 Å². The van der Waals surface area contributed by atoms with Crippen LogP contribution in [-0.4, -0.2) is 17.2 Å². The summed E-state index contributed by atoms with van der Waals surface area (Å²) in [6, 6.07) is 3.96. The monoisotopic (exact) mass is 286 g/mol. The van der Waals surface area contributed by atoms with Crippen LogP contribution in [0.25, 0.3) is 0 Å². The average Bonchev–Trinajstić information content (AvgIpc) is 2.78. The summed E-state index contributed by atoms with van der Waals surface area (Å²) in [5, 5.41) is 12.9. The van der Waals surface area contributed by atoms with E-state index in [4.69, 9.17) is 4.42 Å². The lowest BCUT2D eigenvalue weighted by Gasteiger charge is -2.11. The Bertz CT molecular complexity index is 595. The van der Waals surface area contributed by atoms with Gasteiger partial charge >= 0.3 is 12.2 Å². The average molecular weight is 286 g/mol. The number of alkyl halides is 3. The molecule has 108 valence electrons. The van der Waals surface area contributed by atoms with Gasteiger partial charge in [0, 0.05) is 5.69 Å². The van der Waals surface area contributed by atoms with Crippen molar-refractivity contribution >= 4 is 11.7 Å². The molecular formula is C12H13F3N4O. The Labute approximate surface area is 113 Å². The highest BCUT2D eigenvalue weighted by atomic mass is 19.4. The first-order valence-corrected chi connectivity index (χ1v) is 5.82. The van der Waals surface area contributed by atoms with Crippen LogP contribution in [0, 0.1) is 6.92 Å². The summed E-state index contributed by atoms with van der Waals surface area (Å²) >= 11 is 0. The van der Waals surface area contributed by atoms with Crippen molar-refractivity contribution < 1.29 is 17.6 Å². The van der Waals surface area contributed by atoms with Crippen molar-refractivity contribution in [3.05, 3.63) is 35.2 Å². The van der Waals surface area contributed by atoms with Crippen molar-refractivity contribution in [2.24, 2.45) is 0 Å². The van der Waals surface area contributed by atoms with Crippen LogP contribution >= 0.6 is 0 Å². The molecule has 0 aliphatic carbocycles. The first-order chi connectivity index (χ1) is 9.40. The molecular weight excluding hydrogens is 273 g/mol. The van der Waals surface area contributed by atoms with Crippen LogP contribution in [-0.2, 0) is 12.7 Å². The number of halogens is 3. The topological polar surface area (TPSA) is 63.0 Å². The Balaban J connectivity index is 2.21. The second-order valence-electron chi connectivity index (χ2n) is 4.18. The molecule has 0 bridgehead atoms. The summed E-state index contributed by atoms with van der Waals surface area (Å²) in [6.45, 7) is 1.79. The lowest BCUT2D eigenvalue weighted by molar-refractivity contribution is -0.138. The summed E-state index contributed by atoms with van der Waals surface area (Å²) < 4.78 is 43.6. The molecule has 2 N–H and O–H groups in total. The molecule has 1 aromatic heterocycles. The van der Waals surface area contributed by atoms with E-state index < -0.39 is 11.7 Å². The van der Waals surface area contributed by atoms with Crippen molar-refractivity contribution in [2.75, 3.05) is 12.4 Å². The molecule has 5 nitrogen and oxygen atoms in total. The maximum Gasteiger partial charge on any atom is 0.416 e. The number of rotatable bonds is 4. The summed E-state index contributed by atoms with van der Waals surface area (Å²) in [6.07, 6.45) is -4.39. The van der Waals surface area contributed by atoms with Crippen molar-refractivity contribution in [2.45, 2.75) is 19.6 Å². The Kier molecular flexibility index (Phi) is 3.93. The van der Waals surface area contributed by atoms with Crippen LogP contribution in [0.15, 0.2) is 22.6 Å². The predicted octanol–water partition coefficient (Wildman–Crippen LogP) is 2.86. The molecule has 0 aliphatic heterocycles. The van der Waals surface area contributed by atoms with E-state index in [1.807, 2.05) is 0 Å². The van der Waals surface area contributed by atoms with E-state index in [1.165, 1.54) is 19.1 Å². The Morgan fingerprint density at radius 1 is 1.25 bits per heavy atom. The molecule has 8 heteroatoms. The van der Waals surface area contributed by atoms with Gasteiger partial charge in [-0.3, -0.25) is 0 Å². The van der Waals surface area contributed by atoms with Crippen LogP contribution in [0.2, 0.25) is 0 Å². The summed E-state index contributed by atoms with van der Waals surface area (Å²) in [5.74, 6) is 0.346. The van der Waals surface area contributed by atoms with E-state index in [1.54, 1.807) is 7.05 Å². The first-order valence-electron chi connectivity index (χ1n) is 5.82. The van der Waals surface area contributed by atoms with E-state index in [2.05, 4.69) is 20.8 Å². The van der Waals surface area contributed by atoms with Gasteiger partial charge in [-0.2, -0.15) is 13.2 Å². The highest BCUT2D eigenvalue weighted by molar-refractivity contribution is 5.55.